The van der Waals surface area contributed by atoms with E-state index in [1.807, 2.05) is 31.2 Å². The van der Waals surface area contributed by atoms with Crippen molar-refractivity contribution >= 4 is 29.0 Å². The van der Waals surface area contributed by atoms with Crippen LogP contribution in [0.25, 0.3) is 0 Å². The van der Waals surface area contributed by atoms with Gasteiger partial charge in [0.15, 0.2) is 11.4 Å². The fourth-order valence-corrected chi connectivity index (χ4v) is 3.83. The molecule has 0 radical (unpaired) electrons. The second-order valence-corrected chi connectivity index (χ2v) is 7.59. The van der Waals surface area contributed by atoms with Gasteiger partial charge in [0.25, 0.3) is 5.91 Å². The van der Waals surface area contributed by atoms with Gasteiger partial charge in [-0.2, -0.15) is 0 Å². The van der Waals surface area contributed by atoms with Gasteiger partial charge in [0.1, 0.15) is 5.69 Å². The SMILES string of the molecule is Cc1ccccc1CN1C(=O)C(O)(CC(=O)c2ccccn2)c2cc(Cl)ccc21. The van der Waals surface area contributed by atoms with Gasteiger partial charge < -0.3 is 10.0 Å². The summed E-state index contributed by atoms with van der Waals surface area (Å²) in [5.41, 5.74) is 1.11. The van der Waals surface area contributed by atoms with E-state index in [0.29, 0.717) is 22.8 Å². The number of aromatic nitrogens is 1. The lowest BCUT2D eigenvalue weighted by atomic mass is 9.89. The summed E-state index contributed by atoms with van der Waals surface area (Å²) in [6.07, 6.45) is 1.10. The zero-order chi connectivity index (χ0) is 20.6. The maximum absolute atomic E-state index is 13.3. The molecule has 1 aromatic heterocycles. The molecule has 6 heteroatoms. The number of aryl methyl sites for hydroxylation is 1. The average Bonchev–Trinajstić information content (AvgIpc) is 2.92. The van der Waals surface area contributed by atoms with Crippen LogP contribution in [0.5, 0.6) is 0 Å². The van der Waals surface area contributed by atoms with Crippen LogP contribution >= 0.6 is 11.6 Å². The smallest absolute Gasteiger partial charge is 0.264 e. The highest BCUT2D eigenvalue weighted by atomic mass is 35.5. The molecule has 1 unspecified atom stereocenters. The summed E-state index contributed by atoms with van der Waals surface area (Å²) in [4.78, 5) is 31.6. The molecule has 1 aliphatic heterocycles. The number of carbonyl (C=O) groups excluding carboxylic acids is 2. The lowest BCUT2D eigenvalue weighted by Gasteiger charge is -2.23. The number of nitrogens with zero attached hydrogens (tertiary/aromatic N) is 2. The number of Topliss-reactive ketones (excluding diaryl/α,β-unsaturated/α-hetero) is 1. The Hall–Kier alpha value is -3.02. The van der Waals surface area contributed by atoms with E-state index < -0.39 is 23.7 Å². The minimum atomic E-state index is -1.99. The quantitative estimate of drug-likeness (QED) is 0.649. The molecule has 0 saturated carbocycles. The Bertz CT molecular complexity index is 1100. The first-order chi connectivity index (χ1) is 13.9. The predicted molar refractivity (Wildman–Crippen MR) is 111 cm³/mol. The van der Waals surface area contributed by atoms with Crippen LogP contribution in [-0.2, 0) is 16.9 Å². The van der Waals surface area contributed by atoms with Gasteiger partial charge in [-0.05, 0) is 48.4 Å². The Kier molecular flexibility index (Phi) is 4.94. The molecule has 0 saturated heterocycles. The van der Waals surface area contributed by atoms with Crippen molar-refractivity contribution in [3.05, 3.63) is 94.3 Å². The number of rotatable bonds is 5. The van der Waals surface area contributed by atoms with Crippen molar-refractivity contribution in [1.82, 2.24) is 4.98 Å². The molecule has 1 amide bonds. The first kappa shape index (κ1) is 19.3. The molecule has 0 fully saturated rings. The summed E-state index contributed by atoms with van der Waals surface area (Å²) >= 11 is 6.15. The number of halogens is 1. The van der Waals surface area contributed by atoms with Crippen molar-refractivity contribution in [2.45, 2.75) is 25.5 Å². The Morgan fingerprint density at radius 1 is 1.14 bits per heavy atom. The fraction of sp³-hybridized carbons (Fsp3) is 0.174. The second-order valence-electron chi connectivity index (χ2n) is 7.15. The minimum Gasteiger partial charge on any atom is -0.375 e. The van der Waals surface area contributed by atoms with Crippen molar-refractivity contribution in [3.63, 3.8) is 0 Å². The Balaban J connectivity index is 1.73. The number of anilines is 1. The molecule has 0 spiro atoms. The highest BCUT2D eigenvalue weighted by Crippen LogP contribution is 2.44. The minimum absolute atomic E-state index is 0.203. The average molecular weight is 407 g/mol. The third-order valence-corrected chi connectivity index (χ3v) is 5.49. The molecule has 29 heavy (non-hydrogen) atoms. The molecule has 1 atom stereocenters. The molecule has 146 valence electrons. The number of carbonyl (C=O) groups is 2. The normalized spacial score (nSPS) is 18.0. The molecular formula is C23H19ClN2O3. The Morgan fingerprint density at radius 2 is 1.90 bits per heavy atom. The van der Waals surface area contributed by atoms with E-state index in [1.54, 1.807) is 36.4 Å². The number of ketones is 1. The van der Waals surface area contributed by atoms with Crippen LogP contribution in [0.15, 0.2) is 66.9 Å². The molecule has 1 N–H and O–H groups in total. The number of hydrogen-bond acceptors (Lipinski definition) is 4. The van der Waals surface area contributed by atoms with Crippen LogP contribution < -0.4 is 4.90 Å². The number of amides is 1. The highest BCUT2D eigenvalue weighted by Gasteiger charge is 2.51. The molecule has 3 aromatic rings. The van der Waals surface area contributed by atoms with Crippen LogP contribution in [0.4, 0.5) is 5.69 Å². The summed E-state index contributed by atoms with van der Waals surface area (Å²) in [5.74, 6) is -0.951. The highest BCUT2D eigenvalue weighted by molar-refractivity contribution is 6.31. The third kappa shape index (κ3) is 3.43. The number of benzene rings is 2. The number of fused-ring (bicyclic) bond motifs is 1. The van der Waals surface area contributed by atoms with Crippen molar-refractivity contribution in [1.29, 1.82) is 0 Å². The van der Waals surface area contributed by atoms with Gasteiger partial charge >= 0.3 is 0 Å². The first-order valence-electron chi connectivity index (χ1n) is 9.23. The van der Waals surface area contributed by atoms with E-state index in [0.717, 1.165) is 11.1 Å². The monoisotopic (exact) mass is 406 g/mol. The van der Waals surface area contributed by atoms with Crippen molar-refractivity contribution < 1.29 is 14.7 Å². The summed E-state index contributed by atoms with van der Waals surface area (Å²) in [7, 11) is 0. The zero-order valence-corrected chi connectivity index (χ0v) is 16.6. The predicted octanol–water partition coefficient (Wildman–Crippen LogP) is 4.05. The van der Waals surface area contributed by atoms with E-state index in [1.165, 1.54) is 11.1 Å². The van der Waals surface area contributed by atoms with Crippen LogP contribution in [0, 0.1) is 6.92 Å². The zero-order valence-electron chi connectivity index (χ0n) is 15.8. The van der Waals surface area contributed by atoms with Gasteiger partial charge in [-0.3, -0.25) is 14.6 Å². The standard InChI is InChI=1S/C23H19ClN2O3/c1-15-6-2-3-7-16(15)14-26-20-10-9-17(24)12-18(20)23(29,22(26)28)13-21(27)19-8-4-5-11-25-19/h2-12,29H,13-14H2,1H3. The lowest BCUT2D eigenvalue weighted by Crippen LogP contribution is -2.41. The van der Waals surface area contributed by atoms with Crippen molar-refractivity contribution in [2.75, 3.05) is 4.90 Å². The van der Waals surface area contributed by atoms with E-state index in [2.05, 4.69) is 4.98 Å². The van der Waals surface area contributed by atoms with Gasteiger partial charge in [-0.15, -0.1) is 0 Å². The molecule has 0 aliphatic carbocycles. The van der Waals surface area contributed by atoms with Crippen molar-refractivity contribution in [3.8, 4) is 0 Å². The third-order valence-electron chi connectivity index (χ3n) is 5.25. The van der Waals surface area contributed by atoms with Gasteiger partial charge in [-0.1, -0.05) is 41.9 Å². The van der Waals surface area contributed by atoms with E-state index in [4.69, 9.17) is 11.6 Å². The van der Waals surface area contributed by atoms with Crippen molar-refractivity contribution in [2.24, 2.45) is 0 Å². The molecule has 2 heterocycles. The van der Waals surface area contributed by atoms with Gasteiger partial charge in [0.2, 0.25) is 0 Å². The van der Waals surface area contributed by atoms with E-state index in [9.17, 15) is 14.7 Å². The largest absolute Gasteiger partial charge is 0.375 e. The maximum Gasteiger partial charge on any atom is 0.264 e. The van der Waals surface area contributed by atoms with Gasteiger partial charge in [0, 0.05) is 16.8 Å². The van der Waals surface area contributed by atoms with Crippen LogP contribution in [0.2, 0.25) is 5.02 Å². The second kappa shape index (κ2) is 7.43. The lowest BCUT2D eigenvalue weighted by molar-refractivity contribution is -0.136. The van der Waals surface area contributed by atoms with E-state index >= 15 is 0 Å². The number of hydrogen-bond donors (Lipinski definition) is 1. The molecule has 4 rings (SSSR count). The molecular weight excluding hydrogens is 388 g/mol. The van der Waals surface area contributed by atoms with Gasteiger partial charge in [-0.25, -0.2) is 0 Å². The Labute approximate surface area is 173 Å². The summed E-state index contributed by atoms with van der Waals surface area (Å²) in [6, 6.07) is 17.6. The molecule has 0 bridgehead atoms. The van der Waals surface area contributed by atoms with E-state index in [-0.39, 0.29) is 5.69 Å². The topological polar surface area (TPSA) is 70.5 Å². The number of pyridine rings is 1. The number of aliphatic hydroxyl groups is 1. The van der Waals surface area contributed by atoms with Crippen LogP contribution in [0.3, 0.4) is 0 Å². The fourth-order valence-electron chi connectivity index (χ4n) is 3.66. The molecule has 5 nitrogen and oxygen atoms in total. The summed E-state index contributed by atoms with van der Waals surface area (Å²) < 4.78 is 0. The van der Waals surface area contributed by atoms with Crippen LogP contribution in [-0.4, -0.2) is 21.8 Å². The molecule has 1 aliphatic rings. The summed E-state index contributed by atoms with van der Waals surface area (Å²) in [5, 5.41) is 11.8. The Morgan fingerprint density at radius 3 is 2.62 bits per heavy atom. The van der Waals surface area contributed by atoms with Crippen LogP contribution in [0.1, 0.15) is 33.6 Å². The summed E-state index contributed by atoms with van der Waals surface area (Å²) in [6.45, 7) is 2.26. The molecule has 2 aromatic carbocycles. The maximum atomic E-state index is 13.3. The van der Waals surface area contributed by atoms with Gasteiger partial charge in [0.05, 0.1) is 18.7 Å². The first-order valence-corrected chi connectivity index (χ1v) is 9.61.